The second kappa shape index (κ2) is 6.61. The van der Waals surface area contributed by atoms with E-state index in [0.717, 1.165) is 11.8 Å². The highest BCUT2D eigenvalue weighted by atomic mass is 79.9. The Kier molecular flexibility index (Phi) is 5.43. The number of amides is 1. The molecule has 17 heavy (non-hydrogen) atoms. The van der Waals surface area contributed by atoms with Gasteiger partial charge in [0, 0.05) is 5.69 Å². The lowest BCUT2D eigenvalue weighted by atomic mass is 10.3. The molecular weight excluding hydrogens is 313 g/mol. The number of anilines is 1. The van der Waals surface area contributed by atoms with Crippen LogP contribution in [0.25, 0.3) is 0 Å². The summed E-state index contributed by atoms with van der Waals surface area (Å²) < 4.78 is 13.2. The molecule has 0 spiro atoms. The highest BCUT2D eigenvalue weighted by molar-refractivity contribution is 9.10. The predicted molar refractivity (Wildman–Crippen MR) is 67.7 cm³/mol. The van der Waals surface area contributed by atoms with E-state index in [4.69, 9.17) is 5.11 Å². The van der Waals surface area contributed by atoms with Crippen molar-refractivity contribution in [3.63, 3.8) is 0 Å². The van der Waals surface area contributed by atoms with E-state index in [1.807, 2.05) is 0 Å². The largest absolute Gasteiger partial charge is 0.481 e. The van der Waals surface area contributed by atoms with E-state index in [9.17, 15) is 14.0 Å². The van der Waals surface area contributed by atoms with E-state index in [1.165, 1.54) is 18.2 Å². The van der Waals surface area contributed by atoms with Gasteiger partial charge in [0.25, 0.3) is 0 Å². The van der Waals surface area contributed by atoms with Gasteiger partial charge in [0.1, 0.15) is 5.82 Å². The smallest absolute Gasteiger partial charge is 0.313 e. The van der Waals surface area contributed by atoms with E-state index < -0.39 is 11.8 Å². The molecule has 0 fully saturated rings. The number of aliphatic carboxylic acids is 1. The van der Waals surface area contributed by atoms with Crippen molar-refractivity contribution < 1.29 is 19.1 Å². The summed E-state index contributed by atoms with van der Waals surface area (Å²) in [6.07, 6.45) is 0. The third-order valence-corrected chi connectivity index (χ3v) is 3.19. The molecule has 0 saturated carbocycles. The van der Waals surface area contributed by atoms with Crippen molar-refractivity contribution in [1.29, 1.82) is 0 Å². The normalized spacial score (nSPS) is 10.0. The minimum absolute atomic E-state index is 0.0430. The Morgan fingerprint density at radius 1 is 1.41 bits per heavy atom. The second-order valence-electron chi connectivity index (χ2n) is 3.06. The van der Waals surface area contributed by atoms with Gasteiger partial charge in [-0.3, -0.25) is 9.59 Å². The number of carboxylic acids is 1. The number of hydrogen-bond donors (Lipinski definition) is 2. The van der Waals surface area contributed by atoms with Crippen molar-refractivity contribution >= 4 is 45.3 Å². The van der Waals surface area contributed by atoms with Crippen LogP contribution in [0.2, 0.25) is 0 Å². The van der Waals surface area contributed by atoms with Crippen LogP contribution in [0.5, 0.6) is 0 Å². The van der Waals surface area contributed by atoms with Crippen molar-refractivity contribution in [2.75, 3.05) is 16.8 Å². The van der Waals surface area contributed by atoms with Gasteiger partial charge in [-0.05, 0) is 34.1 Å². The van der Waals surface area contributed by atoms with Gasteiger partial charge in [0.15, 0.2) is 0 Å². The maximum Gasteiger partial charge on any atom is 0.313 e. The van der Waals surface area contributed by atoms with Gasteiger partial charge in [-0.15, -0.1) is 11.8 Å². The van der Waals surface area contributed by atoms with E-state index in [-0.39, 0.29) is 21.9 Å². The average Bonchev–Trinajstić information content (AvgIpc) is 2.23. The third kappa shape index (κ3) is 5.18. The Balaban J connectivity index is 2.45. The van der Waals surface area contributed by atoms with Crippen molar-refractivity contribution in [2.24, 2.45) is 0 Å². The van der Waals surface area contributed by atoms with Crippen LogP contribution in [-0.2, 0) is 9.59 Å². The van der Waals surface area contributed by atoms with E-state index >= 15 is 0 Å². The van der Waals surface area contributed by atoms with Gasteiger partial charge in [-0.1, -0.05) is 0 Å². The molecular formula is C10H9BrFNO3S. The number of nitrogens with one attached hydrogen (secondary N) is 1. The molecule has 0 atom stereocenters. The first-order chi connectivity index (χ1) is 7.99. The van der Waals surface area contributed by atoms with Crippen LogP contribution < -0.4 is 5.32 Å². The monoisotopic (exact) mass is 321 g/mol. The van der Waals surface area contributed by atoms with Crippen LogP contribution >= 0.6 is 27.7 Å². The van der Waals surface area contributed by atoms with Crippen molar-refractivity contribution in [2.45, 2.75) is 0 Å². The lowest BCUT2D eigenvalue weighted by Crippen LogP contribution is -2.15. The molecule has 1 amide bonds. The first kappa shape index (κ1) is 14.0. The molecule has 7 heteroatoms. The number of rotatable bonds is 5. The molecule has 1 aromatic rings. The number of carboxylic acid groups (broad SMARTS) is 1. The molecule has 92 valence electrons. The molecule has 0 aromatic heterocycles. The van der Waals surface area contributed by atoms with Gasteiger partial charge >= 0.3 is 5.97 Å². The average molecular weight is 322 g/mol. The molecule has 0 saturated heterocycles. The Morgan fingerprint density at radius 3 is 2.71 bits per heavy atom. The number of benzene rings is 1. The predicted octanol–water partition coefficient (Wildman–Crippen LogP) is 2.34. The van der Waals surface area contributed by atoms with Gasteiger partial charge in [0.05, 0.1) is 16.0 Å². The highest BCUT2D eigenvalue weighted by Crippen LogP contribution is 2.20. The van der Waals surface area contributed by atoms with E-state index in [2.05, 4.69) is 21.2 Å². The lowest BCUT2D eigenvalue weighted by Gasteiger charge is -2.05. The molecule has 2 N–H and O–H groups in total. The summed E-state index contributed by atoms with van der Waals surface area (Å²) in [5.41, 5.74) is 0.458. The highest BCUT2D eigenvalue weighted by Gasteiger charge is 2.06. The van der Waals surface area contributed by atoms with Crippen molar-refractivity contribution in [1.82, 2.24) is 0 Å². The van der Waals surface area contributed by atoms with Gasteiger partial charge in [-0.25, -0.2) is 4.39 Å². The fourth-order valence-corrected chi connectivity index (χ4v) is 1.92. The van der Waals surface area contributed by atoms with Crippen LogP contribution in [0, 0.1) is 5.82 Å². The minimum atomic E-state index is -0.965. The molecule has 0 bridgehead atoms. The number of carbonyl (C=O) groups is 2. The fourth-order valence-electron chi connectivity index (χ4n) is 1.00. The Hall–Kier alpha value is -1.08. The Labute approximate surface area is 110 Å². The number of hydrogen-bond acceptors (Lipinski definition) is 3. The molecule has 0 unspecified atom stereocenters. The molecule has 4 nitrogen and oxygen atoms in total. The Bertz CT molecular complexity index is 442. The summed E-state index contributed by atoms with van der Waals surface area (Å²) in [7, 11) is 0. The molecule has 0 aliphatic carbocycles. The molecule has 0 heterocycles. The summed E-state index contributed by atoms with van der Waals surface area (Å²) in [6, 6.07) is 4.10. The Morgan fingerprint density at radius 2 is 2.12 bits per heavy atom. The summed E-state index contributed by atoms with van der Waals surface area (Å²) >= 11 is 4.00. The zero-order valence-corrected chi connectivity index (χ0v) is 11.0. The second-order valence-corrected chi connectivity index (χ2v) is 4.90. The van der Waals surface area contributed by atoms with E-state index in [0.29, 0.717) is 5.69 Å². The molecule has 1 aromatic carbocycles. The topological polar surface area (TPSA) is 66.4 Å². The van der Waals surface area contributed by atoms with Crippen molar-refractivity contribution in [3.05, 3.63) is 28.5 Å². The fraction of sp³-hybridized carbons (Fsp3) is 0.200. The van der Waals surface area contributed by atoms with Crippen LogP contribution in [0.3, 0.4) is 0 Å². The summed E-state index contributed by atoms with van der Waals surface area (Å²) in [5.74, 6) is -1.78. The molecule has 1 rings (SSSR count). The standard InChI is InChI=1S/C10H9BrFNO3S/c11-7-3-6(1-2-8(7)12)13-9(14)4-17-5-10(15)16/h1-3H,4-5H2,(H,13,14)(H,15,16). The molecule has 0 radical (unpaired) electrons. The number of thioether (sulfide) groups is 1. The zero-order chi connectivity index (χ0) is 12.8. The van der Waals surface area contributed by atoms with Crippen LogP contribution in [0.15, 0.2) is 22.7 Å². The number of halogens is 2. The lowest BCUT2D eigenvalue weighted by molar-refractivity contribution is -0.133. The number of carbonyl (C=O) groups excluding carboxylic acids is 1. The quantitative estimate of drug-likeness (QED) is 0.873. The van der Waals surface area contributed by atoms with Gasteiger partial charge in [0.2, 0.25) is 5.91 Å². The maximum absolute atomic E-state index is 12.9. The molecule has 0 aliphatic heterocycles. The minimum Gasteiger partial charge on any atom is -0.481 e. The van der Waals surface area contributed by atoms with Crippen LogP contribution in [0.1, 0.15) is 0 Å². The van der Waals surface area contributed by atoms with Gasteiger partial charge < -0.3 is 10.4 Å². The third-order valence-electron chi connectivity index (χ3n) is 1.66. The first-order valence-corrected chi connectivity index (χ1v) is 6.48. The summed E-state index contributed by atoms with van der Waals surface area (Å²) in [4.78, 5) is 21.6. The van der Waals surface area contributed by atoms with Gasteiger partial charge in [-0.2, -0.15) is 0 Å². The SMILES string of the molecule is O=C(O)CSCC(=O)Nc1ccc(F)c(Br)c1. The maximum atomic E-state index is 12.9. The van der Waals surface area contributed by atoms with E-state index in [1.54, 1.807) is 0 Å². The van der Waals surface area contributed by atoms with Crippen LogP contribution in [-0.4, -0.2) is 28.5 Å². The van der Waals surface area contributed by atoms with Crippen LogP contribution in [0.4, 0.5) is 10.1 Å². The van der Waals surface area contributed by atoms with Crippen molar-refractivity contribution in [3.8, 4) is 0 Å². The zero-order valence-electron chi connectivity index (χ0n) is 8.57. The summed E-state index contributed by atoms with van der Waals surface area (Å²) in [5, 5.41) is 10.9. The molecule has 0 aliphatic rings. The first-order valence-electron chi connectivity index (χ1n) is 4.53. The summed E-state index contributed by atoms with van der Waals surface area (Å²) in [6.45, 7) is 0.